The van der Waals surface area contributed by atoms with Gasteiger partial charge in [-0.15, -0.1) is 107 Å². The van der Waals surface area contributed by atoms with E-state index in [9.17, 15) is 5.48 Å². The van der Waals surface area contributed by atoms with E-state index < -0.39 is 23.6 Å². The van der Waals surface area contributed by atoms with Crippen LogP contribution in [0.2, 0.25) is 0 Å². The van der Waals surface area contributed by atoms with Crippen LogP contribution in [0.1, 0.15) is 118 Å². The summed E-state index contributed by atoms with van der Waals surface area (Å²) in [6.07, 6.45) is 6.09. The van der Waals surface area contributed by atoms with E-state index in [0.717, 1.165) is 91.0 Å². The molecule has 1 fully saturated rings. The van der Waals surface area contributed by atoms with Crippen LogP contribution >= 0.6 is 0 Å². The molecule has 4 heteroatoms. The molecule has 7 aromatic carbocycles. The number of benzene rings is 7. The Kier molecular flexibility index (Phi) is 15.1. The zero-order chi connectivity index (χ0) is 57.3. The third kappa shape index (κ3) is 13.2. The Morgan fingerprint density at radius 3 is 1.48 bits per heavy atom. The van der Waals surface area contributed by atoms with Crippen LogP contribution in [-0.4, -0.2) is 15.0 Å². The SMILES string of the molecule is [2H]C([2H])(c1cc(CC(C)(C)c2ccc(-c3[c-]ccc(-c4ccccc4)c3)nc2)cc(CC(C)(C)c2ccc(-c3[c-]ccc(-c4ccccc4)c3)nc2)c1)C([2H])([2H])c1cnc(-c2[c-]cccc2)cc1-c1ccc(C2CCC(C)(C)CC2)cc1.[Ir+3]. The van der Waals surface area contributed by atoms with E-state index in [4.69, 9.17) is 15.0 Å². The summed E-state index contributed by atoms with van der Waals surface area (Å²) >= 11 is 0. The normalized spacial score (nSPS) is 14.8. The Hall–Kier alpha value is -7.36. The molecule has 0 amide bonds. The summed E-state index contributed by atoms with van der Waals surface area (Å²) in [6, 6.07) is 75.5. The molecule has 0 unspecified atom stereocenters. The van der Waals surface area contributed by atoms with Crippen molar-refractivity contribution < 1.29 is 25.6 Å². The van der Waals surface area contributed by atoms with Gasteiger partial charge in [-0.2, -0.15) is 0 Å². The minimum atomic E-state index is -2.55. The summed E-state index contributed by atoms with van der Waals surface area (Å²) in [5, 5.41) is 0. The van der Waals surface area contributed by atoms with E-state index in [1.165, 1.54) is 18.4 Å². The molecule has 0 atom stereocenters. The van der Waals surface area contributed by atoms with Crippen molar-refractivity contribution in [2.45, 2.75) is 110 Å². The number of rotatable bonds is 16. The van der Waals surface area contributed by atoms with Gasteiger partial charge in [0.2, 0.25) is 0 Å². The van der Waals surface area contributed by atoms with Crippen molar-refractivity contribution in [1.29, 1.82) is 0 Å². The molecular formula is C75H70IrN3. The van der Waals surface area contributed by atoms with Gasteiger partial charge in [0.05, 0.1) is 0 Å². The fraction of sp³-hybridized carbons (Fsp3) is 0.240. The van der Waals surface area contributed by atoms with Crippen LogP contribution in [0.4, 0.5) is 0 Å². The van der Waals surface area contributed by atoms with Gasteiger partial charge < -0.3 is 15.0 Å². The molecular weight excluding hydrogens is 1140 g/mol. The summed E-state index contributed by atoms with van der Waals surface area (Å²) in [4.78, 5) is 14.8. The predicted octanol–water partition coefficient (Wildman–Crippen LogP) is 18.8. The van der Waals surface area contributed by atoms with E-state index in [1.807, 2.05) is 103 Å². The third-order valence-corrected chi connectivity index (χ3v) is 16.1. The molecule has 0 N–H and O–H groups in total. The van der Waals surface area contributed by atoms with Crippen molar-refractivity contribution in [2.24, 2.45) is 5.41 Å². The molecule has 3 heterocycles. The van der Waals surface area contributed by atoms with Gasteiger partial charge in [0.1, 0.15) is 0 Å². The van der Waals surface area contributed by atoms with Gasteiger partial charge in [-0.05, 0) is 152 Å². The topological polar surface area (TPSA) is 38.7 Å². The second kappa shape index (κ2) is 23.9. The number of hydrogen-bond acceptors (Lipinski definition) is 3. The maximum atomic E-state index is 10.2. The zero-order valence-corrected chi connectivity index (χ0v) is 48.6. The monoisotopic (exact) mass is 1210 g/mol. The number of aryl methyl sites for hydroxylation is 2. The summed E-state index contributed by atoms with van der Waals surface area (Å²) in [6.45, 7) is 13.5. The van der Waals surface area contributed by atoms with Crippen molar-refractivity contribution >= 4 is 0 Å². The molecule has 1 aliphatic carbocycles. The van der Waals surface area contributed by atoms with Gasteiger partial charge in [-0.1, -0.05) is 175 Å². The number of aromatic nitrogens is 3. The van der Waals surface area contributed by atoms with E-state index in [0.29, 0.717) is 35.4 Å². The minimum absolute atomic E-state index is 0. The van der Waals surface area contributed by atoms with Crippen molar-refractivity contribution in [2.75, 3.05) is 0 Å². The number of pyridine rings is 3. The van der Waals surface area contributed by atoms with Crippen LogP contribution < -0.4 is 0 Å². The van der Waals surface area contributed by atoms with Crippen LogP contribution in [0.15, 0.2) is 213 Å². The van der Waals surface area contributed by atoms with Crippen molar-refractivity contribution in [3.05, 3.63) is 270 Å². The first-order valence-electron chi connectivity index (χ1n) is 29.6. The first-order chi connectivity index (χ1) is 39.3. The Morgan fingerprint density at radius 1 is 0.468 bits per heavy atom. The van der Waals surface area contributed by atoms with E-state index >= 15 is 0 Å². The average Bonchev–Trinajstić information content (AvgIpc) is 3.47. The van der Waals surface area contributed by atoms with Crippen LogP contribution in [0, 0.1) is 23.6 Å². The molecule has 10 aromatic rings. The Morgan fingerprint density at radius 2 is 0.975 bits per heavy atom. The maximum absolute atomic E-state index is 10.2. The molecule has 0 spiro atoms. The summed E-state index contributed by atoms with van der Waals surface area (Å²) in [7, 11) is 0. The molecule has 79 heavy (non-hydrogen) atoms. The van der Waals surface area contributed by atoms with Crippen molar-refractivity contribution in [3.8, 4) is 67.2 Å². The fourth-order valence-corrected chi connectivity index (χ4v) is 11.3. The second-order valence-electron chi connectivity index (χ2n) is 23.4. The number of nitrogens with zero attached hydrogens (tertiary/aromatic N) is 3. The van der Waals surface area contributed by atoms with Gasteiger partial charge in [-0.25, -0.2) is 0 Å². The zero-order valence-electron chi connectivity index (χ0n) is 50.2. The molecule has 0 saturated heterocycles. The van der Waals surface area contributed by atoms with Crippen LogP contribution in [0.5, 0.6) is 0 Å². The Labute approximate surface area is 489 Å². The Bertz CT molecular complexity index is 3660. The largest absolute Gasteiger partial charge is 3.00 e. The second-order valence-corrected chi connectivity index (χ2v) is 23.4. The maximum Gasteiger partial charge on any atom is 3.00 e. The summed E-state index contributed by atoms with van der Waals surface area (Å²) in [5.41, 5.74) is 15.8. The molecule has 0 radical (unpaired) electrons. The predicted molar refractivity (Wildman–Crippen MR) is 324 cm³/mol. The standard InChI is InChI=1S/C75H70N3.Ir/c1-73(2)40-38-59(39-41-73)58-30-32-60(33-31-58)69-47-72(61-22-14-9-15-23-61)76-50-66(69)29-28-53-42-54(48-74(3,4)67-34-36-70(77-51-67)64-26-16-24-62(45-64)56-18-10-7-11-19-56)44-55(43-53)49-75(5,6)68-35-37-71(78-52-68)65-27-17-25-63(46-65)57-20-12-8-13-21-57;/h7-22,24-25,30-37,42-47,50-52,59H,28-29,38-41,48-49H2,1-6H3;/q-3;+3/i28D2,29D2;. The van der Waals surface area contributed by atoms with Gasteiger partial charge >= 0.3 is 20.1 Å². The fourth-order valence-electron chi connectivity index (χ4n) is 11.3. The van der Waals surface area contributed by atoms with Gasteiger partial charge in [0.15, 0.2) is 0 Å². The number of hydrogen-bond donors (Lipinski definition) is 0. The van der Waals surface area contributed by atoms with Gasteiger partial charge in [-0.3, -0.25) is 0 Å². The molecule has 0 aliphatic heterocycles. The first-order valence-corrected chi connectivity index (χ1v) is 27.6. The molecule has 11 rings (SSSR count). The van der Waals surface area contributed by atoms with E-state index in [-0.39, 0.29) is 31.2 Å². The quantitative estimate of drug-likeness (QED) is 0.0905. The van der Waals surface area contributed by atoms with E-state index in [2.05, 4.69) is 163 Å². The summed E-state index contributed by atoms with van der Waals surface area (Å²) < 4.78 is 40.5. The molecule has 0 bridgehead atoms. The van der Waals surface area contributed by atoms with Crippen LogP contribution in [0.25, 0.3) is 67.2 Å². The minimum Gasteiger partial charge on any atom is -0.304 e. The summed E-state index contributed by atoms with van der Waals surface area (Å²) in [5.74, 6) is 0.472. The van der Waals surface area contributed by atoms with Gasteiger partial charge in [0, 0.05) is 24.1 Å². The molecule has 3 aromatic heterocycles. The molecule has 1 aliphatic rings. The van der Waals surface area contributed by atoms with Crippen molar-refractivity contribution in [3.63, 3.8) is 0 Å². The van der Waals surface area contributed by atoms with Crippen molar-refractivity contribution in [1.82, 2.24) is 15.0 Å². The Balaban J connectivity index is 0.00000769. The van der Waals surface area contributed by atoms with Gasteiger partial charge in [0.25, 0.3) is 0 Å². The molecule has 1 saturated carbocycles. The van der Waals surface area contributed by atoms with Crippen LogP contribution in [-0.2, 0) is 56.5 Å². The third-order valence-electron chi connectivity index (χ3n) is 16.1. The molecule has 394 valence electrons. The van der Waals surface area contributed by atoms with E-state index in [1.54, 1.807) is 6.20 Å². The van der Waals surface area contributed by atoms with Crippen LogP contribution in [0.3, 0.4) is 0 Å². The first kappa shape index (κ1) is 49.9. The molecule has 3 nitrogen and oxygen atoms in total. The smallest absolute Gasteiger partial charge is 0.304 e. The average molecular weight is 1210 g/mol.